The van der Waals surface area contributed by atoms with E-state index in [2.05, 4.69) is 0 Å². The van der Waals surface area contributed by atoms with Gasteiger partial charge in [0, 0.05) is 0 Å². The van der Waals surface area contributed by atoms with Crippen LogP contribution < -0.4 is 25.9 Å². The summed E-state index contributed by atoms with van der Waals surface area (Å²) in [5, 5.41) is 4.56. The molecule has 0 aliphatic carbocycles. The maximum Gasteiger partial charge on any atom is 0.389 e. The third kappa shape index (κ3) is 29.8. The van der Waals surface area contributed by atoms with Gasteiger partial charge in [-0.25, -0.2) is 0 Å². The topological polar surface area (TPSA) is 168 Å². The Morgan fingerprint density at radius 1 is 0.300 bits per heavy atom. The van der Waals surface area contributed by atoms with E-state index in [1.54, 1.807) is 50.5 Å². The monoisotopic (exact) mass is 1210 g/mol. The highest BCUT2D eigenvalue weighted by atomic mass is 35.6. The summed E-state index contributed by atoms with van der Waals surface area (Å²) in [5.74, 6) is 0. The summed E-state index contributed by atoms with van der Waals surface area (Å²) in [6.45, 7) is 26.8. The van der Waals surface area contributed by atoms with Crippen LogP contribution in [0.15, 0.2) is 152 Å². The number of hydrogen-bond donors (Lipinski definition) is 6. The maximum absolute atomic E-state index is 10.7. The molecule has 0 aromatic heterocycles. The number of hydrogen-bond acceptors (Lipinski definition) is 11. The van der Waals surface area contributed by atoms with E-state index in [1.807, 2.05) is 180 Å². The molecule has 2 unspecified atom stereocenters. The summed E-state index contributed by atoms with van der Waals surface area (Å²) in [7, 11) is -26.2. The fourth-order valence-electron chi connectivity index (χ4n) is 6.34. The first-order valence-corrected chi connectivity index (χ1v) is 52.8. The van der Waals surface area contributed by atoms with Crippen molar-refractivity contribution in [3.63, 3.8) is 0 Å². The van der Waals surface area contributed by atoms with Gasteiger partial charge in [-0.1, -0.05) is 152 Å². The lowest BCUT2D eigenvalue weighted by Gasteiger charge is -2.42. The molecule has 70 heavy (non-hydrogen) atoms. The number of rotatable bonds is 15. The van der Waals surface area contributed by atoms with Crippen molar-refractivity contribution < 1.29 is 49.3 Å². The molecule has 0 aliphatic rings. The van der Waals surface area contributed by atoms with E-state index in [0.717, 1.165) is 20.7 Å². The standard InChI is InChI=1S/C18H30O5Si4.C14H16Cl2OSi2.C7H10O2Si.C4H12Cl2OSi2.C2H8O2Si/c1-24(2,19)21-26(5,6)23-27(22-25(3,4)20,17-13-9-7-10-14-17)18-15-11-8-12-16-18;1-18(15,13-9-5-3-6-10-13)17-19(2,16)14-11-7-4-8-12-14;1-10(8,9)7-5-3-2-4-6-7;1-8(2,5)7-9(3,4)6;1-5(2,3)4/h7-16,19-20H,1-6H3;3-12H,1-2H3;2-6,8-9H,1H3;1-4H3;3-4H,1-2H3. The minimum absolute atomic E-state index is 0.648. The summed E-state index contributed by atoms with van der Waals surface area (Å²) >= 11 is 25.1. The molecule has 0 fully saturated rings. The van der Waals surface area contributed by atoms with Gasteiger partial charge in [-0.05, 0) is 124 Å². The van der Waals surface area contributed by atoms with Gasteiger partial charge < -0.3 is 49.3 Å². The zero-order valence-electron chi connectivity index (χ0n) is 43.2. The van der Waals surface area contributed by atoms with E-state index in [0.29, 0.717) is 5.19 Å². The summed E-state index contributed by atoms with van der Waals surface area (Å²) in [6.07, 6.45) is 0. The first-order valence-electron chi connectivity index (χ1n) is 22.4. The van der Waals surface area contributed by atoms with Crippen LogP contribution in [0.1, 0.15) is 0 Å². The molecule has 2 atom stereocenters. The van der Waals surface area contributed by atoms with Crippen molar-refractivity contribution in [3.05, 3.63) is 152 Å². The fraction of sp³-hybridized carbons (Fsp3) is 0.333. The van der Waals surface area contributed by atoms with Crippen LogP contribution in [-0.4, -0.2) is 111 Å². The normalized spacial score (nSPS) is 14.3. The third-order valence-corrected chi connectivity index (χ3v) is 36.0. The Morgan fingerprint density at radius 2 is 0.543 bits per heavy atom. The summed E-state index contributed by atoms with van der Waals surface area (Å²) in [6, 6.07) is 48.3. The van der Waals surface area contributed by atoms with Crippen molar-refractivity contribution in [2.45, 2.75) is 98.2 Å². The van der Waals surface area contributed by atoms with Gasteiger partial charge in [0.1, 0.15) is 0 Å². The van der Waals surface area contributed by atoms with Crippen LogP contribution in [0.4, 0.5) is 0 Å². The molecule has 0 bridgehead atoms. The third-order valence-electron chi connectivity index (χ3n) is 8.35. The van der Waals surface area contributed by atoms with Crippen molar-refractivity contribution in [3.8, 4) is 0 Å². The maximum atomic E-state index is 10.7. The molecule has 5 aromatic carbocycles. The average molecular weight is 1220 g/mol. The Hall–Kier alpha value is -1.01. The van der Waals surface area contributed by atoms with Gasteiger partial charge >= 0.3 is 66.6 Å². The van der Waals surface area contributed by atoms with E-state index in [4.69, 9.17) is 74.5 Å². The highest BCUT2D eigenvalue weighted by molar-refractivity contribution is 7.32. The molecule has 0 amide bonds. The van der Waals surface area contributed by atoms with Crippen molar-refractivity contribution in [2.75, 3.05) is 0 Å². The minimum Gasteiger partial charge on any atom is -0.433 e. The van der Waals surface area contributed by atoms with E-state index >= 15 is 0 Å². The first-order chi connectivity index (χ1) is 31.6. The van der Waals surface area contributed by atoms with Crippen LogP contribution in [0.5, 0.6) is 0 Å². The Labute approximate surface area is 447 Å². The van der Waals surface area contributed by atoms with Crippen LogP contribution in [0, 0.1) is 0 Å². The zero-order valence-corrected chi connectivity index (χ0v) is 56.2. The van der Waals surface area contributed by atoms with Gasteiger partial charge in [0.15, 0.2) is 0 Å². The van der Waals surface area contributed by atoms with E-state index in [-0.39, 0.29) is 0 Å². The molecule has 390 valence electrons. The zero-order chi connectivity index (χ0) is 54.1. The number of halogens is 4. The van der Waals surface area contributed by atoms with Crippen LogP contribution in [0.3, 0.4) is 0 Å². The molecule has 11 nitrogen and oxygen atoms in total. The van der Waals surface area contributed by atoms with Crippen molar-refractivity contribution in [2.24, 2.45) is 0 Å². The van der Waals surface area contributed by atoms with Crippen LogP contribution in [0.2, 0.25) is 98.2 Å². The molecular formula is C45H76Cl4O11Si10. The minimum atomic E-state index is -3.26. The van der Waals surface area contributed by atoms with Gasteiger partial charge in [-0.3, -0.25) is 0 Å². The molecular weight excluding hydrogens is 1140 g/mol. The molecule has 5 aromatic rings. The molecule has 5 rings (SSSR count). The summed E-state index contributed by atoms with van der Waals surface area (Å²) in [4.78, 5) is 55.8. The Kier molecular flexibility index (Phi) is 27.0. The molecule has 0 radical (unpaired) electrons. The second-order valence-electron chi connectivity index (χ2n) is 19.3. The first kappa shape index (κ1) is 67.0. The largest absolute Gasteiger partial charge is 0.433 e. The molecule has 0 saturated carbocycles. The van der Waals surface area contributed by atoms with Gasteiger partial charge in [-0.15, -0.1) is 44.3 Å². The molecule has 25 heteroatoms. The lowest BCUT2D eigenvalue weighted by Crippen LogP contribution is -2.71. The lowest BCUT2D eigenvalue weighted by molar-refractivity contribution is 0.286. The quantitative estimate of drug-likeness (QED) is 0.0441. The van der Waals surface area contributed by atoms with Crippen LogP contribution in [-0.2, 0) is 20.6 Å². The van der Waals surface area contributed by atoms with Gasteiger partial charge in [0.2, 0.25) is 0 Å². The predicted octanol–water partition coefficient (Wildman–Crippen LogP) is 8.33. The van der Waals surface area contributed by atoms with Crippen LogP contribution >= 0.6 is 44.3 Å². The van der Waals surface area contributed by atoms with E-state index in [9.17, 15) is 19.2 Å². The Bertz CT molecular complexity index is 2100. The molecule has 0 spiro atoms. The SMILES string of the molecule is C[Si](C)(Cl)O[Si](C)(C)Cl.C[Si](C)(O)O.C[Si](C)(O)O[Si](C)(C)O[Si](O[Si](C)(C)O)(c1ccccc1)c1ccccc1.C[Si](Cl)(O[Si](C)(Cl)c1ccccc1)c1ccccc1.C[Si](O)(O)c1ccccc1. The van der Waals surface area contributed by atoms with Crippen molar-refractivity contribution in [1.29, 1.82) is 0 Å². The Morgan fingerprint density at radius 3 is 0.743 bits per heavy atom. The Balaban J connectivity index is 0.000000491. The molecule has 0 aliphatic heterocycles. The van der Waals surface area contributed by atoms with E-state index in [1.165, 1.54) is 19.6 Å². The second-order valence-corrected chi connectivity index (χ2v) is 60.1. The van der Waals surface area contributed by atoms with E-state index < -0.39 is 81.9 Å². The molecule has 0 saturated heterocycles. The average Bonchev–Trinajstić information content (AvgIpc) is 3.19. The van der Waals surface area contributed by atoms with Gasteiger partial charge in [-0.2, -0.15) is 0 Å². The van der Waals surface area contributed by atoms with Crippen molar-refractivity contribution >= 4 is 152 Å². The summed E-state index contributed by atoms with van der Waals surface area (Å²) in [5.41, 5.74) is 0. The second kappa shape index (κ2) is 28.2. The van der Waals surface area contributed by atoms with Crippen LogP contribution in [0.25, 0.3) is 0 Å². The highest BCUT2D eigenvalue weighted by Gasteiger charge is 2.52. The fourth-order valence-corrected chi connectivity index (χ4v) is 39.9. The van der Waals surface area contributed by atoms with Crippen molar-refractivity contribution in [1.82, 2.24) is 0 Å². The van der Waals surface area contributed by atoms with Gasteiger partial charge in [0.25, 0.3) is 15.3 Å². The molecule has 6 N–H and O–H groups in total. The molecule has 0 heterocycles. The number of benzene rings is 5. The predicted molar refractivity (Wildman–Crippen MR) is 318 cm³/mol. The summed E-state index contributed by atoms with van der Waals surface area (Å²) < 4.78 is 30.9. The highest BCUT2D eigenvalue weighted by Crippen LogP contribution is 2.25. The lowest BCUT2D eigenvalue weighted by atomic mass is 10.4. The van der Waals surface area contributed by atoms with Gasteiger partial charge in [0.05, 0.1) is 0 Å². The smallest absolute Gasteiger partial charge is 0.389 e.